The molecule has 1 aromatic heterocycles. The summed E-state index contributed by atoms with van der Waals surface area (Å²) < 4.78 is 7.20. The number of carbonyl (C=O) groups excluding carboxylic acids is 1. The summed E-state index contributed by atoms with van der Waals surface area (Å²) >= 11 is 0. The first-order valence-corrected chi connectivity index (χ1v) is 9.03. The lowest BCUT2D eigenvalue weighted by atomic mass is 10.0. The summed E-state index contributed by atoms with van der Waals surface area (Å²) in [4.78, 5) is 26.5. The average Bonchev–Trinajstić information content (AvgIpc) is 3.00. The zero-order valence-electron chi connectivity index (χ0n) is 15.1. The zero-order chi connectivity index (χ0) is 19.0. The Kier molecular flexibility index (Phi) is 4.47. The van der Waals surface area contributed by atoms with Gasteiger partial charge in [-0.25, -0.2) is 9.59 Å². The standard InChI is InChI=1S/C19H22N4O4/c1-13-7-15-8-23(20-17(15)11-22(13)18(24)25)16-9-21(10-16)19(26)27-12-14-5-3-2-4-6-14/h2-6,8,13,16H,7,9-12H2,1H3,(H,24,25)/t13-/m1/s1. The summed E-state index contributed by atoms with van der Waals surface area (Å²) in [6, 6.07) is 9.63. The number of fused-ring (bicyclic) bond motifs is 1. The van der Waals surface area contributed by atoms with E-state index >= 15 is 0 Å². The van der Waals surface area contributed by atoms with Crippen molar-refractivity contribution in [3.05, 3.63) is 53.3 Å². The molecule has 0 bridgehead atoms. The summed E-state index contributed by atoms with van der Waals surface area (Å²) in [5, 5.41) is 13.8. The number of likely N-dealkylation sites (tertiary alicyclic amines) is 1. The van der Waals surface area contributed by atoms with Crippen molar-refractivity contribution in [2.45, 2.75) is 38.6 Å². The van der Waals surface area contributed by atoms with Crippen molar-refractivity contribution in [1.82, 2.24) is 19.6 Å². The first-order chi connectivity index (χ1) is 13.0. The molecule has 0 aliphatic carbocycles. The van der Waals surface area contributed by atoms with Crippen LogP contribution in [0.4, 0.5) is 9.59 Å². The molecule has 8 nitrogen and oxygen atoms in total. The molecule has 142 valence electrons. The SMILES string of the molecule is C[C@@H]1Cc2cn(C3CN(C(=O)OCc4ccccc4)C3)nc2CN1C(=O)O. The van der Waals surface area contributed by atoms with E-state index in [2.05, 4.69) is 5.10 Å². The largest absolute Gasteiger partial charge is 0.465 e. The van der Waals surface area contributed by atoms with E-state index in [1.165, 1.54) is 4.90 Å². The molecule has 0 radical (unpaired) electrons. The van der Waals surface area contributed by atoms with Crippen LogP contribution in [0.5, 0.6) is 0 Å². The molecule has 2 aromatic rings. The molecule has 27 heavy (non-hydrogen) atoms. The van der Waals surface area contributed by atoms with Crippen LogP contribution in [0.15, 0.2) is 36.5 Å². The van der Waals surface area contributed by atoms with Gasteiger partial charge in [-0.1, -0.05) is 30.3 Å². The number of rotatable bonds is 3. The van der Waals surface area contributed by atoms with E-state index < -0.39 is 6.09 Å². The monoisotopic (exact) mass is 370 g/mol. The van der Waals surface area contributed by atoms with Gasteiger partial charge in [0.25, 0.3) is 0 Å². The number of benzene rings is 1. The Labute approximate surface area is 156 Å². The smallest absolute Gasteiger partial charge is 0.410 e. The maximum atomic E-state index is 12.1. The summed E-state index contributed by atoms with van der Waals surface area (Å²) in [5.41, 5.74) is 2.85. The molecule has 1 N–H and O–H groups in total. The molecule has 3 heterocycles. The second-order valence-electron chi connectivity index (χ2n) is 7.14. The van der Waals surface area contributed by atoms with Crippen molar-refractivity contribution in [3.8, 4) is 0 Å². The second-order valence-corrected chi connectivity index (χ2v) is 7.14. The summed E-state index contributed by atoms with van der Waals surface area (Å²) in [5.74, 6) is 0. The summed E-state index contributed by atoms with van der Waals surface area (Å²) in [7, 11) is 0. The highest BCUT2D eigenvalue weighted by Crippen LogP contribution is 2.27. The van der Waals surface area contributed by atoms with Crippen LogP contribution in [0, 0.1) is 0 Å². The van der Waals surface area contributed by atoms with Gasteiger partial charge in [-0.3, -0.25) is 9.58 Å². The van der Waals surface area contributed by atoms with Crippen LogP contribution < -0.4 is 0 Å². The number of ether oxygens (including phenoxy) is 1. The Hall–Kier alpha value is -3.03. The number of carbonyl (C=O) groups is 2. The lowest BCUT2D eigenvalue weighted by molar-refractivity contribution is 0.0494. The first-order valence-electron chi connectivity index (χ1n) is 9.03. The maximum absolute atomic E-state index is 12.1. The lowest BCUT2D eigenvalue weighted by Gasteiger charge is -2.38. The normalized spacial score (nSPS) is 19.4. The molecule has 1 fully saturated rings. The molecule has 1 atom stereocenters. The molecular formula is C19H22N4O4. The Morgan fingerprint density at radius 1 is 1.26 bits per heavy atom. The van der Waals surface area contributed by atoms with Crippen molar-refractivity contribution in [2.75, 3.05) is 13.1 Å². The van der Waals surface area contributed by atoms with E-state index in [1.54, 1.807) is 4.90 Å². The van der Waals surface area contributed by atoms with Gasteiger partial charge >= 0.3 is 12.2 Å². The molecule has 2 aliphatic heterocycles. The van der Waals surface area contributed by atoms with Gasteiger partial charge in [-0.2, -0.15) is 5.10 Å². The van der Waals surface area contributed by atoms with Crippen molar-refractivity contribution in [2.24, 2.45) is 0 Å². The first kappa shape index (κ1) is 17.4. The Morgan fingerprint density at radius 2 is 2.00 bits per heavy atom. The average molecular weight is 370 g/mol. The fourth-order valence-electron chi connectivity index (χ4n) is 3.54. The van der Waals surface area contributed by atoms with Gasteiger partial charge < -0.3 is 14.7 Å². The number of hydrogen-bond acceptors (Lipinski definition) is 4. The molecule has 2 amide bonds. The summed E-state index contributed by atoms with van der Waals surface area (Å²) in [6.07, 6.45) is 1.41. The molecule has 1 aromatic carbocycles. The molecule has 0 saturated carbocycles. The molecule has 0 spiro atoms. The zero-order valence-corrected chi connectivity index (χ0v) is 15.1. The van der Waals surface area contributed by atoms with Gasteiger partial charge in [-0.15, -0.1) is 0 Å². The topological polar surface area (TPSA) is 87.9 Å². The molecule has 1 saturated heterocycles. The predicted octanol–water partition coefficient (Wildman–Crippen LogP) is 2.50. The van der Waals surface area contributed by atoms with Crippen LogP contribution >= 0.6 is 0 Å². The van der Waals surface area contributed by atoms with Crippen molar-refractivity contribution >= 4 is 12.2 Å². The van der Waals surface area contributed by atoms with Gasteiger partial charge in [0.15, 0.2) is 0 Å². The fourth-order valence-corrected chi connectivity index (χ4v) is 3.54. The van der Waals surface area contributed by atoms with E-state index in [0.717, 1.165) is 16.8 Å². The molecule has 2 aliphatic rings. The third kappa shape index (κ3) is 3.47. The Bertz CT molecular complexity index is 845. The third-order valence-electron chi connectivity index (χ3n) is 5.21. The lowest BCUT2D eigenvalue weighted by Crippen LogP contribution is -2.51. The molecule has 8 heteroatoms. The number of nitrogens with zero attached hydrogens (tertiary/aromatic N) is 4. The highest BCUT2D eigenvalue weighted by Gasteiger charge is 2.35. The van der Waals surface area contributed by atoms with Crippen LogP contribution in [0.1, 0.15) is 29.8 Å². The van der Waals surface area contributed by atoms with Gasteiger partial charge in [0.2, 0.25) is 0 Å². The fraction of sp³-hybridized carbons (Fsp3) is 0.421. The van der Waals surface area contributed by atoms with Crippen molar-refractivity contribution in [3.63, 3.8) is 0 Å². The molecular weight excluding hydrogens is 348 g/mol. The van der Waals surface area contributed by atoms with Gasteiger partial charge in [0, 0.05) is 25.3 Å². The number of amides is 2. The second kappa shape index (κ2) is 6.94. The highest BCUT2D eigenvalue weighted by atomic mass is 16.6. The quantitative estimate of drug-likeness (QED) is 0.897. The van der Waals surface area contributed by atoms with E-state index in [0.29, 0.717) is 26.1 Å². The molecule has 4 rings (SSSR count). The van der Waals surface area contributed by atoms with Crippen LogP contribution in [-0.2, 0) is 24.3 Å². The van der Waals surface area contributed by atoms with Crippen LogP contribution in [0.3, 0.4) is 0 Å². The minimum Gasteiger partial charge on any atom is -0.465 e. The maximum Gasteiger partial charge on any atom is 0.410 e. The highest BCUT2D eigenvalue weighted by molar-refractivity contribution is 5.68. The van der Waals surface area contributed by atoms with Crippen molar-refractivity contribution < 1.29 is 19.4 Å². The van der Waals surface area contributed by atoms with Crippen LogP contribution in [0.25, 0.3) is 0 Å². The van der Waals surface area contributed by atoms with E-state index in [4.69, 9.17) is 4.74 Å². The summed E-state index contributed by atoms with van der Waals surface area (Å²) in [6.45, 7) is 3.58. The molecule has 0 unspecified atom stereocenters. The van der Waals surface area contributed by atoms with E-state index in [-0.39, 0.29) is 24.8 Å². The Balaban J connectivity index is 1.32. The van der Waals surface area contributed by atoms with Crippen LogP contribution in [0.2, 0.25) is 0 Å². The third-order valence-corrected chi connectivity index (χ3v) is 5.21. The van der Waals surface area contributed by atoms with Gasteiger partial charge in [0.05, 0.1) is 18.3 Å². The van der Waals surface area contributed by atoms with E-state index in [9.17, 15) is 14.7 Å². The minimum absolute atomic E-state index is 0.0569. The minimum atomic E-state index is -0.918. The number of hydrogen-bond donors (Lipinski definition) is 1. The van der Waals surface area contributed by atoms with Gasteiger partial charge in [-0.05, 0) is 24.5 Å². The van der Waals surface area contributed by atoms with Crippen molar-refractivity contribution in [1.29, 1.82) is 0 Å². The number of carboxylic acid groups (broad SMARTS) is 1. The predicted molar refractivity (Wildman–Crippen MR) is 96.2 cm³/mol. The van der Waals surface area contributed by atoms with Crippen LogP contribution in [-0.4, -0.2) is 56.0 Å². The van der Waals surface area contributed by atoms with Gasteiger partial charge in [0.1, 0.15) is 6.61 Å². The van der Waals surface area contributed by atoms with E-state index in [1.807, 2.05) is 48.1 Å². The Morgan fingerprint density at radius 3 is 2.70 bits per heavy atom. The number of aromatic nitrogens is 2.